The largest absolute Gasteiger partial charge is 0.340 e. The minimum Gasteiger partial charge on any atom is -0.340 e. The lowest BCUT2D eigenvalue weighted by Crippen LogP contribution is -2.46. The molecule has 0 aromatic rings. The molecule has 2 aliphatic heterocycles. The molecule has 3 unspecified atom stereocenters. The lowest BCUT2D eigenvalue weighted by Gasteiger charge is -2.25. The molecule has 116 valence electrons. The Bertz CT molecular complexity index is 325. The number of carbonyl (C=O) groups is 1. The third-order valence-electron chi connectivity index (χ3n) is 5.19. The van der Waals surface area contributed by atoms with Gasteiger partial charge in [0, 0.05) is 25.7 Å². The molecule has 1 N–H and O–H groups in total. The summed E-state index contributed by atoms with van der Waals surface area (Å²) in [5, 5.41) is 3.62. The number of fused-ring (bicyclic) bond motifs is 1. The maximum absolute atomic E-state index is 12.6. The third kappa shape index (κ3) is 3.46. The van der Waals surface area contributed by atoms with Gasteiger partial charge in [-0.05, 0) is 45.2 Å². The molecular formula is C15H28ClN3O. The molecular weight excluding hydrogens is 274 g/mol. The summed E-state index contributed by atoms with van der Waals surface area (Å²) in [4.78, 5) is 17.1. The van der Waals surface area contributed by atoms with E-state index in [0.717, 1.165) is 44.9 Å². The normalized spacial score (nSPS) is 35.0. The van der Waals surface area contributed by atoms with E-state index >= 15 is 0 Å². The number of hydrogen-bond acceptors (Lipinski definition) is 3. The van der Waals surface area contributed by atoms with Gasteiger partial charge in [0.1, 0.15) is 0 Å². The Morgan fingerprint density at radius 1 is 1.05 bits per heavy atom. The van der Waals surface area contributed by atoms with Gasteiger partial charge in [0.15, 0.2) is 0 Å². The maximum atomic E-state index is 12.6. The monoisotopic (exact) mass is 301 g/mol. The summed E-state index contributed by atoms with van der Waals surface area (Å²) in [7, 11) is 2.15. The first-order chi connectivity index (χ1) is 9.24. The fraction of sp³-hybridized carbons (Fsp3) is 0.933. The van der Waals surface area contributed by atoms with E-state index < -0.39 is 0 Å². The maximum Gasteiger partial charge on any atom is 0.239 e. The summed E-state index contributed by atoms with van der Waals surface area (Å²) in [5.74, 6) is 1.13. The zero-order valence-electron chi connectivity index (χ0n) is 12.5. The highest BCUT2D eigenvalue weighted by atomic mass is 35.5. The van der Waals surface area contributed by atoms with Crippen LogP contribution in [0.3, 0.4) is 0 Å². The van der Waals surface area contributed by atoms with E-state index in [1.165, 1.54) is 25.7 Å². The van der Waals surface area contributed by atoms with Gasteiger partial charge in [0.2, 0.25) is 5.91 Å². The quantitative estimate of drug-likeness (QED) is 0.797. The number of hydrogen-bond donors (Lipinski definition) is 1. The van der Waals surface area contributed by atoms with Crippen LogP contribution in [0.1, 0.15) is 38.5 Å². The van der Waals surface area contributed by atoms with E-state index in [4.69, 9.17) is 0 Å². The van der Waals surface area contributed by atoms with Crippen LogP contribution < -0.4 is 5.32 Å². The molecule has 5 heteroatoms. The van der Waals surface area contributed by atoms with Crippen molar-refractivity contribution in [1.82, 2.24) is 15.1 Å². The molecule has 1 saturated carbocycles. The van der Waals surface area contributed by atoms with Gasteiger partial charge in [0.25, 0.3) is 0 Å². The number of likely N-dealkylation sites (N-methyl/N-ethyl adjacent to an activating group) is 1. The Morgan fingerprint density at radius 3 is 2.65 bits per heavy atom. The molecule has 20 heavy (non-hydrogen) atoms. The van der Waals surface area contributed by atoms with Gasteiger partial charge in [-0.1, -0.05) is 12.8 Å². The Balaban J connectivity index is 0.00000147. The molecule has 0 spiro atoms. The van der Waals surface area contributed by atoms with E-state index in [-0.39, 0.29) is 18.4 Å². The molecule has 2 saturated heterocycles. The van der Waals surface area contributed by atoms with Crippen LogP contribution in [0.25, 0.3) is 0 Å². The van der Waals surface area contributed by atoms with Crippen LogP contribution in [0.4, 0.5) is 0 Å². The molecule has 0 bridgehead atoms. The standard InChI is InChI=1S/C15H27N3O.ClH/c1-17-7-4-8-18(10-9-17)15(19)14-11-12-5-2-3-6-13(12)16-14;/h12-14,16H,2-11H2,1H3;1H. The Labute approximate surface area is 128 Å². The Hall–Kier alpha value is -0.320. The van der Waals surface area contributed by atoms with Crippen LogP contribution >= 0.6 is 12.4 Å². The lowest BCUT2D eigenvalue weighted by molar-refractivity contribution is -0.133. The van der Waals surface area contributed by atoms with Crippen LogP contribution in [-0.2, 0) is 4.79 Å². The molecule has 4 nitrogen and oxygen atoms in total. The average molecular weight is 302 g/mol. The van der Waals surface area contributed by atoms with Crippen molar-refractivity contribution >= 4 is 18.3 Å². The highest BCUT2D eigenvalue weighted by Gasteiger charge is 2.39. The predicted molar refractivity (Wildman–Crippen MR) is 83.2 cm³/mol. The summed E-state index contributed by atoms with van der Waals surface area (Å²) < 4.78 is 0. The minimum absolute atomic E-state index is 0. The van der Waals surface area contributed by atoms with Crippen molar-refractivity contribution in [2.24, 2.45) is 5.92 Å². The second kappa shape index (κ2) is 7.10. The van der Waals surface area contributed by atoms with Gasteiger partial charge in [-0.2, -0.15) is 0 Å². The van der Waals surface area contributed by atoms with Crippen molar-refractivity contribution in [1.29, 1.82) is 0 Å². The highest BCUT2D eigenvalue weighted by molar-refractivity contribution is 5.85. The van der Waals surface area contributed by atoms with Crippen molar-refractivity contribution in [2.75, 3.05) is 33.2 Å². The first-order valence-corrected chi connectivity index (χ1v) is 7.97. The number of halogens is 1. The number of nitrogens with one attached hydrogen (secondary N) is 1. The molecule has 3 rings (SSSR count). The first-order valence-electron chi connectivity index (χ1n) is 7.97. The zero-order chi connectivity index (χ0) is 13.2. The summed E-state index contributed by atoms with van der Waals surface area (Å²) in [6.45, 7) is 3.98. The number of amides is 1. The van der Waals surface area contributed by atoms with Gasteiger partial charge in [-0.3, -0.25) is 4.79 Å². The van der Waals surface area contributed by atoms with Gasteiger partial charge < -0.3 is 15.1 Å². The van der Waals surface area contributed by atoms with Crippen LogP contribution in [0.15, 0.2) is 0 Å². The van der Waals surface area contributed by atoms with Crippen molar-refractivity contribution < 1.29 is 4.79 Å². The topological polar surface area (TPSA) is 35.6 Å². The van der Waals surface area contributed by atoms with E-state index in [2.05, 4.69) is 22.2 Å². The van der Waals surface area contributed by atoms with Crippen LogP contribution in [-0.4, -0.2) is 61.0 Å². The summed E-state index contributed by atoms with van der Waals surface area (Å²) in [6, 6.07) is 0.730. The molecule has 3 fully saturated rings. The number of nitrogens with zero attached hydrogens (tertiary/aromatic N) is 2. The molecule has 0 aromatic carbocycles. The fourth-order valence-corrected chi connectivity index (χ4v) is 4.00. The predicted octanol–water partition coefficient (Wildman–Crippen LogP) is 1.49. The van der Waals surface area contributed by atoms with Crippen LogP contribution in [0.2, 0.25) is 0 Å². The smallest absolute Gasteiger partial charge is 0.239 e. The van der Waals surface area contributed by atoms with Gasteiger partial charge >= 0.3 is 0 Å². The van der Waals surface area contributed by atoms with Crippen molar-refractivity contribution in [3.05, 3.63) is 0 Å². The molecule has 2 heterocycles. The Kier molecular flexibility index (Phi) is 5.70. The van der Waals surface area contributed by atoms with Crippen molar-refractivity contribution in [2.45, 2.75) is 50.6 Å². The second-order valence-electron chi connectivity index (χ2n) is 6.59. The van der Waals surface area contributed by atoms with Crippen molar-refractivity contribution in [3.63, 3.8) is 0 Å². The molecule has 0 radical (unpaired) electrons. The zero-order valence-corrected chi connectivity index (χ0v) is 13.3. The second-order valence-corrected chi connectivity index (χ2v) is 6.59. The average Bonchev–Trinajstić information content (AvgIpc) is 2.74. The van der Waals surface area contributed by atoms with Gasteiger partial charge in [-0.15, -0.1) is 12.4 Å². The first kappa shape index (κ1) is 16.1. The fourth-order valence-electron chi connectivity index (χ4n) is 4.00. The van der Waals surface area contributed by atoms with E-state index in [0.29, 0.717) is 11.9 Å². The third-order valence-corrected chi connectivity index (χ3v) is 5.19. The minimum atomic E-state index is 0. The van der Waals surface area contributed by atoms with Crippen LogP contribution in [0, 0.1) is 5.92 Å². The highest BCUT2D eigenvalue weighted by Crippen LogP contribution is 2.33. The summed E-state index contributed by atoms with van der Waals surface area (Å²) in [5.41, 5.74) is 0. The van der Waals surface area contributed by atoms with E-state index in [9.17, 15) is 4.79 Å². The summed E-state index contributed by atoms with van der Waals surface area (Å²) >= 11 is 0. The molecule has 1 aliphatic carbocycles. The molecule has 3 atom stereocenters. The SMILES string of the molecule is CN1CCCN(C(=O)C2CC3CCCCC3N2)CC1.Cl. The van der Waals surface area contributed by atoms with Gasteiger partial charge in [-0.25, -0.2) is 0 Å². The Morgan fingerprint density at radius 2 is 1.85 bits per heavy atom. The lowest BCUT2D eigenvalue weighted by atomic mass is 9.85. The number of carbonyl (C=O) groups excluding carboxylic acids is 1. The molecule has 0 aromatic heterocycles. The van der Waals surface area contributed by atoms with E-state index in [1.807, 2.05) is 0 Å². The summed E-state index contributed by atoms with van der Waals surface area (Å²) in [6.07, 6.45) is 7.49. The van der Waals surface area contributed by atoms with Gasteiger partial charge in [0.05, 0.1) is 6.04 Å². The molecule has 1 amide bonds. The van der Waals surface area contributed by atoms with E-state index in [1.54, 1.807) is 0 Å². The van der Waals surface area contributed by atoms with Crippen molar-refractivity contribution in [3.8, 4) is 0 Å². The van der Waals surface area contributed by atoms with Crippen LogP contribution in [0.5, 0.6) is 0 Å². The molecule has 3 aliphatic rings. The number of rotatable bonds is 1.